The number of rotatable bonds is 30. The minimum atomic E-state index is -3.17. The number of hydrogen-bond donors (Lipinski definition) is 0. The second-order valence-electron chi connectivity index (χ2n) is 17.0. The molecule has 348 valence electrons. The molecule has 0 aromatic rings. The van der Waals surface area contributed by atoms with Gasteiger partial charge in [-0.3, -0.25) is 0 Å². The van der Waals surface area contributed by atoms with Gasteiger partial charge in [-0.25, -0.2) is 12.4 Å². The zero-order chi connectivity index (χ0) is 44.9. The second kappa shape index (κ2) is 38.1. The van der Waals surface area contributed by atoms with Crippen LogP contribution in [0, 0.1) is 0 Å². The van der Waals surface area contributed by atoms with Gasteiger partial charge in [0.05, 0.1) is 39.6 Å². The van der Waals surface area contributed by atoms with Crippen molar-refractivity contribution >= 4 is 17.9 Å². The first-order valence-corrected chi connectivity index (χ1v) is 24.4. The van der Waals surface area contributed by atoms with Gasteiger partial charge in [0.2, 0.25) is 0 Å². The summed E-state index contributed by atoms with van der Waals surface area (Å²) >= 11 is 0. The van der Waals surface area contributed by atoms with Crippen molar-refractivity contribution in [2.75, 3.05) is 163 Å². The van der Waals surface area contributed by atoms with Gasteiger partial charge in [0, 0.05) is 63.8 Å². The molecule has 0 atom stereocenters. The van der Waals surface area contributed by atoms with Crippen molar-refractivity contribution in [1.82, 2.24) is 38.5 Å². The summed E-state index contributed by atoms with van der Waals surface area (Å²) in [5, 5.41) is 8.24. The van der Waals surface area contributed by atoms with Gasteiger partial charge in [0.15, 0.2) is 0 Å². The van der Waals surface area contributed by atoms with Gasteiger partial charge >= 0.3 is 55.7 Å². The quantitative estimate of drug-likeness (QED) is 0.0762. The van der Waals surface area contributed by atoms with Gasteiger partial charge in [-0.05, 0) is 112 Å². The third-order valence-electron chi connectivity index (χ3n) is 7.91. The monoisotopic (exact) mass is 879 g/mol. The predicted molar refractivity (Wildman–Crippen MR) is 248 cm³/mol. The summed E-state index contributed by atoms with van der Waals surface area (Å²) in [5.41, 5.74) is 0. The first-order valence-electron chi connectivity index (χ1n) is 21.0. The fourth-order valence-electron chi connectivity index (χ4n) is 4.61. The number of nitrogens with zero attached hydrogens (tertiary/aromatic N) is 10. The second-order valence-corrected chi connectivity index (χ2v) is 21.9. The Morgan fingerprint density at radius 1 is 0.450 bits per heavy atom. The maximum atomic E-state index is 6.48. The molecule has 0 spiro atoms. The molecule has 0 aromatic heterocycles. The smallest absolute Gasteiger partial charge is 0.690 e. The Kier molecular flexibility index (Phi) is 42.2. The van der Waals surface area contributed by atoms with Crippen LogP contribution in [0.25, 0.3) is 10.6 Å². The summed E-state index contributed by atoms with van der Waals surface area (Å²) in [5.74, 6) is 0. The molecule has 0 N–H and O–H groups in total. The van der Waals surface area contributed by atoms with E-state index < -0.39 is 17.9 Å². The fraction of sp³-hybridized carbons (Fsp3) is 0.900. The Morgan fingerprint density at radius 3 is 0.883 bits per heavy atom. The van der Waals surface area contributed by atoms with Gasteiger partial charge in [0.1, 0.15) is 0 Å². The van der Waals surface area contributed by atoms with Gasteiger partial charge in [-0.1, -0.05) is 27.7 Å². The summed E-state index contributed by atoms with van der Waals surface area (Å²) in [7, 11) is 18.6. The number of likely N-dealkylation sites (N-methyl/N-ethyl adjacent to an activating group) is 6. The maximum Gasteiger partial charge on any atom is 1.00 e. The first-order chi connectivity index (χ1) is 27.0. The van der Waals surface area contributed by atoms with Gasteiger partial charge in [0.25, 0.3) is 0 Å². The van der Waals surface area contributed by atoms with Crippen LogP contribution in [0.15, 0.2) is 24.8 Å². The van der Waals surface area contributed by atoms with Gasteiger partial charge in [-0.2, -0.15) is 0 Å². The molecule has 0 radical (unpaired) electrons. The molecule has 16 nitrogen and oxygen atoms in total. The molecule has 1 aliphatic heterocycles. The van der Waals surface area contributed by atoms with E-state index in [2.05, 4.69) is 117 Å². The third kappa shape index (κ3) is 34.3. The molecule has 0 aromatic carbocycles. The molecular weight excluding hydrogens is 787 g/mol. The Labute approximate surface area is 397 Å². The van der Waals surface area contributed by atoms with Crippen LogP contribution in [0.4, 0.5) is 0 Å². The SMILES string of the molecule is CC(C)N1C=CN(C(C)C)[Si]1(OCCN(C)C)OCCN(C)C.CC(C)[N-]/C=C\[N-]C(C)C.CN(C)CCO[Si](OCCN(C)C)(OCCN(C)C)OCCN(C)C.[Li+].[Li+]. The summed E-state index contributed by atoms with van der Waals surface area (Å²) in [4.78, 5) is 12.6. The molecule has 0 saturated heterocycles. The molecular formula is C40H92Li2N10O6Si2. The van der Waals surface area contributed by atoms with Crippen molar-refractivity contribution in [3.8, 4) is 0 Å². The molecule has 0 unspecified atom stereocenters. The van der Waals surface area contributed by atoms with Crippen LogP contribution in [0.2, 0.25) is 0 Å². The Balaban J connectivity index is -0.000000416. The normalized spacial score (nSPS) is 14.0. The summed E-state index contributed by atoms with van der Waals surface area (Å²) in [6.45, 7) is 25.3. The standard InChI is InChI=1S/C16H40N4O4Si.C16H36N4O2Si.C8H16N2.2Li/c1-17(2)9-13-21-25(22-14-10-18(3)4,23-15-11-19(5)6)24-16-12-20(7)8;1-15(2)19-9-10-20(16(3)4)23(19,21-13-11-17(5)6)22-14-12-18(7)8;1-7(2)9-5-6-10-8(3)4;;/h9-16H2,1-8H3;9-10,15-16H,11-14H2,1-8H3;5-8H,1-4H3;;/q;;-2;2*+1/b;;6-5-;;. The van der Waals surface area contributed by atoms with E-state index in [0.29, 0.717) is 63.8 Å². The Morgan fingerprint density at radius 2 is 0.683 bits per heavy atom. The average Bonchev–Trinajstić information content (AvgIpc) is 3.45. The third-order valence-corrected chi connectivity index (χ3v) is 13.9. The molecule has 0 amide bonds. The predicted octanol–water partition coefficient (Wildman–Crippen LogP) is -1.75. The summed E-state index contributed by atoms with van der Waals surface area (Å²) in [6.07, 6.45) is 7.79. The molecule has 60 heavy (non-hydrogen) atoms. The molecule has 1 aliphatic rings. The van der Waals surface area contributed by atoms with Crippen molar-refractivity contribution in [1.29, 1.82) is 0 Å². The van der Waals surface area contributed by atoms with E-state index in [1.165, 1.54) is 0 Å². The minimum Gasteiger partial charge on any atom is -0.690 e. The fourth-order valence-corrected chi connectivity index (χ4v) is 9.95. The van der Waals surface area contributed by atoms with Crippen molar-refractivity contribution in [3.05, 3.63) is 35.4 Å². The van der Waals surface area contributed by atoms with Crippen molar-refractivity contribution < 1.29 is 64.3 Å². The van der Waals surface area contributed by atoms with Crippen LogP contribution in [0.3, 0.4) is 0 Å². The summed E-state index contributed by atoms with van der Waals surface area (Å²) in [6, 6.07) is 1.44. The zero-order valence-corrected chi connectivity index (χ0v) is 45.0. The molecule has 0 fully saturated rings. The van der Waals surface area contributed by atoms with Crippen molar-refractivity contribution in [3.63, 3.8) is 0 Å². The van der Waals surface area contributed by atoms with E-state index in [4.69, 9.17) is 26.6 Å². The molecule has 20 heteroatoms. The van der Waals surface area contributed by atoms with Gasteiger partial charge < -0.3 is 75.7 Å². The zero-order valence-electron chi connectivity index (χ0n) is 43.0. The maximum absolute atomic E-state index is 6.48. The molecule has 0 aliphatic carbocycles. The van der Waals surface area contributed by atoms with Crippen LogP contribution in [-0.4, -0.2) is 244 Å². The van der Waals surface area contributed by atoms with Crippen molar-refractivity contribution in [2.45, 2.75) is 79.6 Å². The largest absolute Gasteiger partial charge is 1.00 e. The van der Waals surface area contributed by atoms with Gasteiger partial charge in [-0.15, -0.1) is 12.1 Å². The van der Waals surface area contributed by atoms with Crippen LogP contribution in [-0.2, 0) is 26.6 Å². The minimum absolute atomic E-state index is 0. The van der Waals surface area contributed by atoms with E-state index in [1.807, 2.05) is 84.1 Å². The average molecular weight is 879 g/mol. The first kappa shape index (κ1) is 66.4. The van der Waals surface area contributed by atoms with Crippen LogP contribution < -0.4 is 37.7 Å². The van der Waals surface area contributed by atoms with E-state index in [0.717, 1.165) is 39.3 Å². The van der Waals surface area contributed by atoms with E-state index >= 15 is 0 Å². The molecule has 0 saturated carbocycles. The molecule has 0 bridgehead atoms. The van der Waals surface area contributed by atoms with Crippen LogP contribution >= 0.6 is 0 Å². The van der Waals surface area contributed by atoms with E-state index in [1.54, 1.807) is 12.4 Å². The van der Waals surface area contributed by atoms with Crippen LogP contribution in [0.1, 0.15) is 55.4 Å². The van der Waals surface area contributed by atoms with Crippen LogP contribution in [0.5, 0.6) is 0 Å². The Hall–Kier alpha value is -0.171. The Bertz CT molecular complexity index is 930. The van der Waals surface area contributed by atoms with Crippen molar-refractivity contribution in [2.24, 2.45) is 0 Å². The molecule has 1 heterocycles. The topological polar surface area (TPSA) is 110 Å². The molecule has 1 rings (SSSR count). The van der Waals surface area contributed by atoms with E-state index in [9.17, 15) is 0 Å². The van der Waals surface area contributed by atoms with E-state index in [-0.39, 0.29) is 37.7 Å². The summed E-state index contributed by atoms with van der Waals surface area (Å²) < 4.78 is 41.8. The number of hydrogen-bond acceptors (Lipinski definition) is 14.